The maximum atomic E-state index is 13.4. The highest BCUT2D eigenvalue weighted by Crippen LogP contribution is 2.48. The predicted octanol–water partition coefficient (Wildman–Crippen LogP) is 14.6. The van der Waals surface area contributed by atoms with Crippen LogP contribution in [0.3, 0.4) is 0 Å². The molecule has 0 aromatic carbocycles. The van der Waals surface area contributed by atoms with E-state index < -0.39 is 11.6 Å². The third kappa shape index (κ3) is 30.4. The zero-order valence-corrected chi connectivity index (χ0v) is 63.7. The maximum absolute atomic E-state index is 13.4. The van der Waals surface area contributed by atoms with Crippen LogP contribution < -0.4 is 0 Å². The molecule has 5 unspecified atom stereocenters. The van der Waals surface area contributed by atoms with Crippen LogP contribution in [0.1, 0.15) is 233 Å². The molecule has 91 heavy (non-hydrogen) atoms. The molecule has 534 valence electrons. The lowest BCUT2D eigenvalue weighted by Gasteiger charge is -2.57. The molecule has 15 heteroatoms. The van der Waals surface area contributed by atoms with E-state index in [0.717, 1.165) is 103 Å². The van der Waals surface area contributed by atoms with Gasteiger partial charge in [-0.25, -0.2) is 23.1 Å². The number of hydrogen-bond acceptors (Lipinski definition) is 12. The molecule has 12 nitrogen and oxygen atoms in total. The molecule has 9 heterocycles. The average Bonchev–Trinajstić information content (AvgIpc) is 1.74. The molecular formula is C76H149F3N12. The highest BCUT2D eigenvalue weighted by atomic mass is 19.3. The van der Waals surface area contributed by atoms with Gasteiger partial charge in [-0.15, -0.1) is 0 Å². The summed E-state index contributed by atoms with van der Waals surface area (Å²) >= 11 is 0. The van der Waals surface area contributed by atoms with Crippen LogP contribution in [0.15, 0.2) is 12.4 Å². The zero-order valence-electron chi connectivity index (χ0n) is 63.7. The number of hydrogen-bond donors (Lipinski definition) is 0. The number of nitrogens with zero attached hydrogens (tertiary/aromatic N) is 12. The van der Waals surface area contributed by atoms with Crippen molar-refractivity contribution in [2.75, 3.05) is 138 Å². The Labute approximate surface area is 561 Å². The maximum Gasteiger partial charge on any atom is 0.261 e. The lowest BCUT2D eigenvalue weighted by Crippen LogP contribution is -2.61. The molecule has 0 radical (unpaired) electrons. The topological polar surface area (TPSA) is 58.2 Å². The summed E-state index contributed by atoms with van der Waals surface area (Å²) in [5, 5.41) is 0. The summed E-state index contributed by atoms with van der Waals surface area (Å²) in [6.45, 7) is 65.4. The molecule has 1 spiro atoms. The number of likely N-dealkylation sites (N-methyl/N-ethyl adjacent to an activating group) is 2. The molecule has 3 saturated carbocycles. The Morgan fingerprint density at radius 2 is 0.868 bits per heavy atom. The van der Waals surface area contributed by atoms with Crippen molar-refractivity contribution in [2.45, 2.75) is 301 Å². The minimum Gasteiger partial charge on any atom is -0.304 e. The van der Waals surface area contributed by atoms with Crippen LogP contribution in [0.25, 0.3) is 0 Å². The fourth-order valence-corrected chi connectivity index (χ4v) is 15.2. The lowest BCUT2D eigenvalue weighted by molar-refractivity contribution is -0.0758. The van der Waals surface area contributed by atoms with Crippen LogP contribution in [0.2, 0.25) is 0 Å². The molecule has 11 aliphatic rings. The van der Waals surface area contributed by atoms with Gasteiger partial charge >= 0.3 is 0 Å². The fraction of sp³-hybridized carbons (Fsp3) is 0.947. The van der Waals surface area contributed by atoms with Crippen molar-refractivity contribution < 1.29 is 13.2 Å². The highest BCUT2D eigenvalue weighted by Gasteiger charge is 2.47. The first-order valence-corrected chi connectivity index (χ1v) is 37.8. The molecule has 8 aliphatic heterocycles. The molecule has 1 aromatic heterocycles. The number of piperidine rings is 2. The second-order valence-electron chi connectivity index (χ2n) is 33.2. The summed E-state index contributed by atoms with van der Waals surface area (Å²) in [5.74, 6) is 2.36. The van der Waals surface area contributed by atoms with Crippen molar-refractivity contribution in [3.63, 3.8) is 0 Å². The second-order valence-corrected chi connectivity index (χ2v) is 33.2. The summed E-state index contributed by atoms with van der Waals surface area (Å²) in [7, 11) is 4.38. The molecule has 0 N–H and O–H groups in total. The predicted molar refractivity (Wildman–Crippen MR) is 385 cm³/mol. The van der Waals surface area contributed by atoms with Gasteiger partial charge in [0.25, 0.3) is 5.92 Å². The first-order valence-electron chi connectivity index (χ1n) is 37.8. The number of piperazine rings is 2. The van der Waals surface area contributed by atoms with Gasteiger partial charge < -0.3 is 19.6 Å². The van der Waals surface area contributed by atoms with Crippen molar-refractivity contribution >= 4 is 0 Å². The normalized spacial score (nSPS) is 28.0. The van der Waals surface area contributed by atoms with Gasteiger partial charge in [0.15, 0.2) is 0 Å². The lowest BCUT2D eigenvalue weighted by atomic mass is 9.63. The zero-order chi connectivity index (χ0) is 67.8. The number of alkyl halides is 3. The number of aromatic nitrogens is 2. The summed E-state index contributed by atoms with van der Waals surface area (Å²) in [5.41, 5.74) is 1.00. The van der Waals surface area contributed by atoms with Crippen molar-refractivity contribution in [3.05, 3.63) is 23.8 Å². The van der Waals surface area contributed by atoms with E-state index in [1.165, 1.54) is 169 Å². The van der Waals surface area contributed by atoms with Gasteiger partial charge in [-0.1, -0.05) is 26.7 Å². The van der Waals surface area contributed by atoms with E-state index in [2.05, 4.69) is 179 Å². The van der Waals surface area contributed by atoms with Gasteiger partial charge in [0.1, 0.15) is 11.5 Å². The molecule has 8 saturated heterocycles. The number of likely N-dealkylation sites (tertiary alicyclic amines) is 6. The van der Waals surface area contributed by atoms with Crippen LogP contribution in [-0.2, 0) is 6.42 Å². The molecule has 1 aromatic rings. The minimum absolute atomic E-state index is 0.0329. The first kappa shape index (κ1) is 81.9. The smallest absolute Gasteiger partial charge is 0.261 e. The van der Waals surface area contributed by atoms with Gasteiger partial charge in [-0.3, -0.25) is 29.4 Å². The molecule has 3 aliphatic carbocycles. The SMILES string of the molecule is CC(C)N1CC2(CCC2)C1.CC(C)N1CC2CCC1C2.CC(C)N1CC2CCCC2C1.CC(C)N1CCC(F)(F)C1.CC(C)N1CCCC(C)(F)C1.CC(C)N1CCCC1.CC(C)N1CCN(C)CC1.CC(C)N1CCN(C)CC1.Cc1cnc(CC(C)C)nc1. The monoisotopic (exact) mass is 1290 g/mol. The van der Waals surface area contributed by atoms with Crippen LogP contribution in [0.5, 0.6) is 0 Å². The Kier molecular flexibility index (Phi) is 36.3. The minimum atomic E-state index is -2.43. The standard InChI is InChI=1S/C10H19N.C9H18FN.C9H14N2.2C9H17N.2C8H18N2.C7H13F2N.C7H15N/c1-8(2)11-6-9-4-3-5-10(9)7-11;1-8(2)11-6-4-5-9(3,10)7-11;1-7(2)4-9-10-5-8(3)6-11-9;1-7(2)10-6-8-3-4-9(10)5-8;1-8(2)10-6-9(7-10)4-3-5-9;2*1-8(2)10-6-4-9(3)5-7-10;1-6(2)10-4-3-7(8,9)5-10;1-7(2)8-5-3-4-6-8/h8-10H,3-7H2,1-2H3;8H,4-7H2,1-3H3;5-7H,4H2,1-3H3;7-9H,3-6H2,1-2H3;8H,3-7H2,1-2H3;2*8H,4-7H2,1-3H3;6H,3-5H2,1-2H3;7H,3-6H2,1-2H3. The molecular weight excluding hydrogens is 1140 g/mol. The third-order valence-electron chi connectivity index (χ3n) is 22.0. The summed E-state index contributed by atoms with van der Waals surface area (Å²) < 4.78 is 38.5. The van der Waals surface area contributed by atoms with Gasteiger partial charge in [-0.2, -0.15) is 0 Å². The summed E-state index contributed by atoms with van der Waals surface area (Å²) in [6.07, 6.45) is 22.8. The van der Waals surface area contributed by atoms with E-state index in [4.69, 9.17) is 0 Å². The molecule has 5 atom stereocenters. The quantitative estimate of drug-likeness (QED) is 0.224. The van der Waals surface area contributed by atoms with Gasteiger partial charge in [0.2, 0.25) is 0 Å². The van der Waals surface area contributed by atoms with E-state index in [0.29, 0.717) is 25.0 Å². The Morgan fingerprint density at radius 3 is 1.18 bits per heavy atom. The van der Waals surface area contributed by atoms with E-state index in [1.807, 2.05) is 33.2 Å². The third-order valence-corrected chi connectivity index (χ3v) is 22.0. The number of halogens is 3. The van der Waals surface area contributed by atoms with E-state index in [9.17, 15) is 13.2 Å². The van der Waals surface area contributed by atoms with Crippen LogP contribution >= 0.6 is 0 Å². The Balaban J connectivity index is 0.000000219. The van der Waals surface area contributed by atoms with Crippen LogP contribution in [-0.4, -0.2) is 263 Å². The summed E-state index contributed by atoms with van der Waals surface area (Å²) in [4.78, 5) is 32.7. The van der Waals surface area contributed by atoms with Crippen molar-refractivity contribution in [1.82, 2.24) is 59.0 Å². The fourth-order valence-electron chi connectivity index (χ4n) is 15.2. The largest absolute Gasteiger partial charge is 0.304 e. The van der Waals surface area contributed by atoms with Gasteiger partial charge in [0.05, 0.1) is 6.54 Å². The van der Waals surface area contributed by atoms with Gasteiger partial charge in [-0.05, 0) is 264 Å². The van der Waals surface area contributed by atoms with Crippen LogP contribution in [0.4, 0.5) is 13.2 Å². The average molecular weight is 1290 g/mol. The first-order chi connectivity index (χ1) is 42.7. The number of aryl methyl sites for hydroxylation is 1. The van der Waals surface area contributed by atoms with Crippen LogP contribution in [0, 0.1) is 36.0 Å². The molecule has 11 fully saturated rings. The number of fused-ring (bicyclic) bond motifs is 3. The molecule has 2 bridgehead atoms. The van der Waals surface area contributed by atoms with Crippen molar-refractivity contribution in [3.8, 4) is 0 Å². The van der Waals surface area contributed by atoms with E-state index in [-0.39, 0.29) is 19.0 Å². The van der Waals surface area contributed by atoms with E-state index in [1.54, 1.807) is 11.8 Å². The van der Waals surface area contributed by atoms with E-state index >= 15 is 0 Å². The Hall–Kier alpha value is -1.53. The molecule has 0 amide bonds. The van der Waals surface area contributed by atoms with Crippen molar-refractivity contribution in [2.24, 2.45) is 29.1 Å². The summed E-state index contributed by atoms with van der Waals surface area (Å²) in [6, 6.07) is 6.30. The number of rotatable bonds is 10. The Bertz CT molecular complexity index is 1980. The van der Waals surface area contributed by atoms with Crippen molar-refractivity contribution in [1.29, 1.82) is 0 Å². The molecule has 12 rings (SSSR count). The second kappa shape index (κ2) is 40.4. The Morgan fingerprint density at radius 1 is 0.429 bits per heavy atom. The highest BCUT2D eigenvalue weighted by molar-refractivity contribution is 5.03. The van der Waals surface area contributed by atoms with Gasteiger partial charge in [0, 0.05) is 178 Å².